The van der Waals surface area contributed by atoms with Crippen molar-refractivity contribution >= 4 is 17.5 Å². The average Bonchev–Trinajstić information content (AvgIpc) is 3.34. The van der Waals surface area contributed by atoms with Crippen LogP contribution in [0.25, 0.3) is 5.69 Å². The summed E-state index contributed by atoms with van der Waals surface area (Å²) in [5.41, 5.74) is 2.05. The SMILES string of the molecule is COc1cc(NC(=O)C2CCN(C(=O)c3cccn3-c3cccnc3)CC2)cc(OC)c1. The van der Waals surface area contributed by atoms with Gasteiger partial charge in [0.2, 0.25) is 5.91 Å². The number of nitrogens with one attached hydrogen (secondary N) is 1. The normalized spacial score (nSPS) is 14.1. The first-order valence-electron chi connectivity index (χ1n) is 10.5. The lowest BCUT2D eigenvalue weighted by molar-refractivity contribution is -0.121. The van der Waals surface area contributed by atoms with Gasteiger partial charge in [0.1, 0.15) is 17.2 Å². The summed E-state index contributed by atoms with van der Waals surface area (Å²) in [7, 11) is 3.13. The Hall–Kier alpha value is -3.81. The van der Waals surface area contributed by atoms with Crippen molar-refractivity contribution in [3.63, 3.8) is 0 Å². The third-order valence-corrected chi connectivity index (χ3v) is 5.66. The number of pyridine rings is 1. The number of likely N-dealkylation sites (tertiary alicyclic amines) is 1. The number of piperidine rings is 1. The van der Waals surface area contributed by atoms with E-state index in [1.165, 1.54) is 0 Å². The minimum absolute atomic E-state index is 0.0461. The van der Waals surface area contributed by atoms with Crippen LogP contribution in [0.1, 0.15) is 23.3 Å². The molecule has 0 radical (unpaired) electrons. The zero-order chi connectivity index (χ0) is 22.5. The molecule has 3 heterocycles. The van der Waals surface area contributed by atoms with Gasteiger partial charge in [-0.1, -0.05) is 0 Å². The minimum atomic E-state index is -0.165. The molecule has 0 aliphatic carbocycles. The van der Waals surface area contributed by atoms with Gasteiger partial charge in [-0.15, -0.1) is 0 Å². The molecule has 3 aromatic rings. The van der Waals surface area contributed by atoms with Crippen molar-refractivity contribution in [3.05, 3.63) is 66.7 Å². The summed E-state index contributed by atoms with van der Waals surface area (Å²) in [6.07, 6.45) is 6.48. The Kier molecular flexibility index (Phi) is 6.39. The molecule has 0 unspecified atom stereocenters. The molecule has 2 aromatic heterocycles. The first-order chi connectivity index (χ1) is 15.6. The molecule has 0 saturated carbocycles. The van der Waals surface area contributed by atoms with Gasteiger partial charge in [-0.2, -0.15) is 0 Å². The van der Waals surface area contributed by atoms with E-state index < -0.39 is 0 Å². The number of hydrogen-bond acceptors (Lipinski definition) is 5. The van der Waals surface area contributed by atoms with E-state index in [1.54, 1.807) is 49.7 Å². The average molecular weight is 434 g/mol. The minimum Gasteiger partial charge on any atom is -0.497 e. The molecule has 2 amide bonds. The van der Waals surface area contributed by atoms with E-state index in [0.717, 1.165) is 5.69 Å². The zero-order valence-corrected chi connectivity index (χ0v) is 18.2. The molecule has 1 aliphatic rings. The van der Waals surface area contributed by atoms with Crippen molar-refractivity contribution < 1.29 is 19.1 Å². The number of aromatic nitrogens is 2. The molecular weight excluding hydrogens is 408 g/mol. The van der Waals surface area contributed by atoms with Crippen molar-refractivity contribution in [2.75, 3.05) is 32.6 Å². The van der Waals surface area contributed by atoms with E-state index in [9.17, 15) is 9.59 Å². The fourth-order valence-corrected chi connectivity index (χ4v) is 3.91. The van der Waals surface area contributed by atoms with Gasteiger partial charge >= 0.3 is 0 Å². The quantitative estimate of drug-likeness (QED) is 0.643. The number of rotatable bonds is 6. The van der Waals surface area contributed by atoms with Gasteiger partial charge in [-0.3, -0.25) is 14.6 Å². The number of ether oxygens (including phenoxy) is 2. The van der Waals surface area contributed by atoms with Crippen molar-refractivity contribution in [2.45, 2.75) is 12.8 Å². The number of hydrogen-bond donors (Lipinski definition) is 1. The second-order valence-corrected chi connectivity index (χ2v) is 7.63. The van der Waals surface area contributed by atoms with Crippen LogP contribution in [0.2, 0.25) is 0 Å². The highest BCUT2D eigenvalue weighted by atomic mass is 16.5. The lowest BCUT2D eigenvalue weighted by Gasteiger charge is -2.31. The molecule has 0 bridgehead atoms. The third kappa shape index (κ3) is 4.59. The van der Waals surface area contributed by atoms with Crippen LogP contribution in [0.3, 0.4) is 0 Å². The molecule has 32 heavy (non-hydrogen) atoms. The highest BCUT2D eigenvalue weighted by Crippen LogP contribution is 2.27. The second-order valence-electron chi connectivity index (χ2n) is 7.63. The van der Waals surface area contributed by atoms with Crippen LogP contribution in [0.5, 0.6) is 11.5 Å². The van der Waals surface area contributed by atoms with Gasteiger partial charge in [0, 0.05) is 55.3 Å². The fraction of sp³-hybridized carbons (Fsp3) is 0.292. The monoisotopic (exact) mass is 434 g/mol. The van der Waals surface area contributed by atoms with Gasteiger partial charge in [0.15, 0.2) is 0 Å². The molecule has 1 aromatic carbocycles. The molecular formula is C24H26N4O4. The van der Waals surface area contributed by atoms with Crippen molar-refractivity contribution in [1.82, 2.24) is 14.5 Å². The summed E-state index contributed by atoms with van der Waals surface area (Å²) in [4.78, 5) is 31.9. The maximum atomic E-state index is 13.1. The molecule has 1 N–H and O–H groups in total. The maximum absolute atomic E-state index is 13.1. The highest BCUT2D eigenvalue weighted by Gasteiger charge is 2.29. The molecule has 1 saturated heterocycles. The Bertz CT molecular complexity index is 1070. The Morgan fingerprint density at radius 3 is 2.38 bits per heavy atom. The van der Waals surface area contributed by atoms with E-state index in [2.05, 4.69) is 10.3 Å². The molecule has 1 fully saturated rings. The molecule has 166 valence electrons. The van der Waals surface area contributed by atoms with Crippen LogP contribution in [-0.2, 0) is 4.79 Å². The number of methoxy groups -OCH3 is 2. The summed E-state index contributed by atoms with van der Waals surface area (Å²) in [6.45, 7) is 1.05. The van der Waals surface area contributed by atoms with Crippen LogP contribution in [0, 0.1) is 5.92 Å². The molecule has 4 rings (SSSR count). The van der Waals surface area contributed by atoms with Crippen LogP contribution in [0.15, 0.2) is 61.1 Å². The van der Waals surface area contributed by atoms with Crippen molar-refractivity contribution in [1.29, 1.82) is 0 Å². The smallest absolute Gasteiger partial charge is 0.270 e. The van der Waals surface area contributed by atoms with Gasteiger partial charge < -0.3 is 24.3 Å². The lowest BCUT2D eigenvalue weighted by Crippen LogP contribution is -2.42. The molecule has 0 atom stereocenters. The summed E-state index contributed by atoms with van der Waals surface area (Å²) < 4.78 is 12.4. The maximum Gasteiger partial charge on any atom is 0.270 e. The Balaban J connectivity index is 1.38. The van der Waals surface area contributed by atoms with Gasteiger partial charge in [-0.25, -0.2) is 0 Å². The standard InChI is InChI=1S/C24H26N4O4/c1-31-20-13-18(14-21(15-20)32-2)26-23(29)17-7-11-27(12-8-17)24(30)22-6-4-10-28(22)19-5-3-9-25-16-19/h3-6,9-10,13-17H,7-8,11-12H2,1-2H3,(H,26,29). The molecule has 8 nitrogen and oxygen atoms in total. The van der Waals surface area contributed by atoms with E-state index in [-0.39, 0.29) is 17.7 Å². The van der Waals surface area contributed by atoms with Crippen LogP contribution in [0.4, 0.5) is 5.69 Å². The number of nitrogens with zero attached hydrogens (tertiary/aromatic N) is 3. The van der Waals surface area contributed by atoms with Crippen molar-refractivity contribution in [2.24, 2.45) is 5.92 Å². The number of benzene rings is 1. The fourth-order valence-electron chi connectivity index (χ4n) is 3.91. The summed E-state index contributed by atoms with van der Waals surface area (Å²) in [5.74, 6) is 0.941. The molecule has 1 aliphatic heterocycles. The predicted molar refractivity (Wildman–Crippen MR) is 120 cm³/mol. The van der Waals surface area contributed by atoms with Crippen LogP contribution in [-0.4, -0.2) is 53.6 Å². The summed E-state index contributed by atoms with van der Waals surface area (Å²) in [5, 5.41) is 2.95. The lowest BCUT2D eigenvalue weighted by atomic mass is 9.95. The van der Waals surface area contributed by atoms with Gasteiger partial charge in [0.05, 0.1) is 26.1 Å². The van der Waals surface area contributed by atoms with Crippen molar-refractivity contribution in [3.8, 4) is 17.2 Å². The van der Waals surface area contributed by atoms with Crippen LogP contribution < -0.4 is 14.8 Å². The van der Waals surface area contributed by atoms with E-state index in [1.807, 2.05) is 35.0 Å². The van der Waals surface area contributed by atoms with E-state index >= 15 is 0 Å². The topological polar surface area (TPSA) is 85.7 Å². The Labute approximate surface area is 186 Å². The zero-order valence-electron chi connectivity index (χ0n) is 18.2. The predicted octanol–water partition coefficient (Wildman–Crippen LogP) is 3.38. The van der Waals surface area contributed by atoms with Gasteiger partial charge in [0.25, 0.3) is 5.91 Å². The second kappa shape index (κ2) is 9.55. The first kappa shape index (κ1) is 21.4. The van der Waals surface area contributed by atoms with Gasteiger partial charge in [-0.05, 0) is 37.1 Å². The number of carbonyl (C=O) groups is 2. The number of carbonyl (C=O) groups excluding carboxylic acids is 2. The molecule has 8 heteroatoms. The summed E-state index contributed by atoms with van der Waals surface area (Å²) >= 11 is 0. The largest absolute Gasteiger partial charge is 0.497 e. The van der Waals surface area contributed by atoms with E-state index in [4.69, 9.17) is 9.47 Å². The van der Waals surface area contributed by atoms with Crippen LogP contribution >= 0.6 is 0 Å². The Morgan fingerprint density at radius 1 is 1.03 bits per heavy atom. The third-order valence-electron chi connectivity index (χ3n) is 5.66. The first-order valence-corrected chi connectivity index (χ1v) is 10.5. The number of anilines is 1. The van der Waals surface area contributed by atoms with E-state index in [0.29, 0.717) is 48.8 Å². The Morgan fingerprint density at radius 2 is 1.75 bits per heavy atom. The number of amides is 2. The summed E-state index contributed by atoms with van der Waals surface area (Å²) in [6, 6.07) is 12.7. The highest BCUT2D eigenvalue weighted by molar-refractivity contribution is 5.95. The molecule has 0 spiro atoms.